The van der Waals surface area contributed by atoms with Crippen molar-refractivity contribution < 1.29 is 19.2 Å². The summed E-state index contributed by atoms with van der Waals surface area (Å²) < 4.78 is 10.9. The summed E-state index contributed by atoms with van der Waals surface area (Å²) in [4.78, 5) is 15.7. The van der Waals surface area contributed by atoms with Crippen molar-refractivity contribution >= 4 is 5.97 Å². The molecule has 0 spiro atoms. The highest BCUT2D eigenvalue weighted by Crippen LogP contribution is 2.37. The third kappa shape index (κ3) is 3.00. The predicted octanol–water partition coefficient (Wildman–Crippen LogP) is 2.70. The van der Waals surface area contributed by atoms with E-state index in [0.29, 0.717) is 24.7 Å². The third-order valence-corrected chi connectivity index (χ3v) is 3.89. The standard InChI is InChI=1S/C14H22N2O4/c1-4-19-14(2,3)13-15-11(20-16-13)9-7-5-6-8-10(9)12(17)18/h9-10H,4-8H2,1-3H3,(H,17,18). The molecule has 2 unspecified atom stereocenters. The van der Waals surface area contributed by atoms with Crippen molar-refractivity contribution in [1.29, 1.82) is 0 Å². The molecule has 6 heteroatoms. The van der Waals surface area contributed by atoms with Crippen LogP contribution < -0.4 is 0 Å². The molecule has 1 N–H and O–H groups in total. The van der Waals surface area contributed by atoms with Crippen LogP contribution in [0.1, 0.15) is 64.1 Å². The molecule has 1 aliphatic carbocycles. The van der Waals surface area contributed by atoms with Gasteiger partial charge in [0.15, 0.2) is 0 Å². The molecule has 1 saturated carbocycles. The number of carbonyl (C=O) groups is 1. The molecule has 0 amide bonds. The van der Waals surface area contributed by atoms with Gasteiger partial charge in [0.2, 0.25) is 11.7 Å². The van der Waals surface area contributed by atoms with E-state index >= 15 is 0 Å². The van der Waals surface area contributed by atoms with Crippen LogP contribution in [0.3, 0.4) is 0 Å². The van der Waals surface area contributed by atoms with Crippen LogP contribution in [-0.4, -0.2) is 27.8 Å². The number of carboxylic acid groups (broad SMARTS) is 1. The number of aliphatic carboxylic acids is 1. The number of aromatic nitrogens is 2. The summed E-state index contributed by atoms with van der Waals surface area (Å²) in [5.41, 5.74) is -0.621. The quantitative estimate of drug-likeness (QED) is 0.893. The lowest BCUT2D eigenvalue weighted by atomic mass is 9.79. The van der Waals surface area contributed by atoms with Gasteiger partial charge in [-0.3, -0.25) is 4.79 Å². The largest absolute Gasteiger partial charge is 0.481 e. The Hall–Kier alpha value is -1.43. The Balaban J connectivity index is 2.20. The maximum absolute atomic E-state index is 11.3. The SMILES string of the molecule is CCOC(C)(C)c1noc(C2CCCCC2C(=O)O)n1. The zero-order valence-electron chi connectivity index (χ0n) is 12.3. The first-order valence-corrected chi connectivity index (χ1v) is 7.16. The van der Waals surface area contributed by atoms with E-state index in [1.165, 1.54) is 0 Å². The molecule has 1 fully saturated rings. The van der Waals surface area contributed by atoms with E-state index in [0.717, 1.165) is 19.3 Å². The van der Waals surface area contributed by atoms with Crippen molar-refractivity contribution in [3.63, 3.8) is 0 Å². The Morgan fingerprint density at radius 3 is 2.80 bits per heavy atom. The molecule has 20 heavy (non-hydrogen) atoms. The van der Waals surface area contributed by atoms with Gasteiger partial charge in [0.05, 0.1) is 11.8 Å². The van der Waals surface area contributed by atoms with Gasteiger partial charge in [0, 0.05) is 6.61 Å². The monoisotopic (exact) mass is 282 g/mol. The summed E-state index contributed by atoms with van der Waals surface area (Å²) in [6, 6.07) is 0. The van der Waals surface area contributed by atoms with E-state index in [-0.39, 0.29) is 5.92 Å². The Bertz CT molecular complexity index is 469. The van der Waals surface area contributed by atoms with Crippen molar-refractivity contribution in [2.24, 2.45) is 5.92 Å². The van der Waals surface area contributed by atoms with Gasteiger partial charge >= 0.3 is 5.97 Å². The van der Waals surface area contributed by atoms with Gasteiger partial charge in [0.25, 0.3) is 0 Å². The van der Waals surface area contributed by atoms with E-state index in [1.54, 1.807) is 0 Å². The molecular weight excluding hydrogens is 260 g/mol. The Labute approximate surface area is 118 Å². The van der Waals surface area contributed by atoms with Crippen LogP contribution in [-0.2, 0) is 15.1 Å². The fourth-order valence-electron chi connectivity index (χ4n) is 2.78. The topological polar surface area (TPSA) is 85.5 Å². The van der Waals surface area contributed by atoms with E-state index < -0.39 is 17.5 Å². The Morgan fingerprint density at radius 2 is 2.15 bits per heavy atom. The van der Waals surface area contributed by atoms with Crippen LogP contribution in [0.5, 0.6) is 0 Å². The molecule has 2 atom stereocenters. The van der Waals surface area contributed by atoms with Crippen LogP contribution in [0, 0.1) is 5.92 Å². The maximum Gasteiger partial charge on any atom is 0.307 e. The lowest BCUT2D eigenvalue weighted by Crippen LogP contribution is -2.26. The van der Waals surface area contributed by atoms with Crippen molar-refractivity contribution in [3.8, 4) is 0 Å². The average molecular weight is 282 g/mol. The van der Waals surface area contributed by atoms with E-state index in [9.17, 15) is 9.90 Å². The van der Waals surface area contributed by atoms with Gasteiger partial charge in [-0.2, -0.15) is 4.98 Å². The lowest BCUT2D eigenvalue weighted by molar-refractivity contribution is -0.143. The maximum atomic E-state index is 11.3. The highest BCUT2D eigenvalue weighted by molar-refractivity contribution is 5.71. The molecule has 1 heterocycles. The number of nitrogens with zero attached hydrogens (tertiary/aromatic N) is 2. The number of hydrogen-bond acceptors (Lipinski definition) is 5. The predicted molar refractivity (Wildman–Crippen MR) is 71.3 cm³/mol. The number of hydrogen-bond donors (Lipinski definition) is 1. The summed E-state index contributed by atoms with van der Waals surface area (Å²) in [5.74, 6) is -0.477. The van der Waals surface area contributed by atoms with Gasteiger partial charge in [-0.1, -0.05) is 18.0 Å². The molecular formula is C14H22N2O4. The molecule has 0 aromatic carbocycles. The molecule has 112 valence electrons. The molecule has 0 radical (unpaired) electrons. The Kier molecular flexibility index (Phi) is 4.42. The minimum Gasteiger partial charge on any atom is -0.481 e. The van der Waals surface area contributed by atoms with Crippen LogP contribution in [0.2, 0.25) is 0 Å². The summed E-state index contributed by atoms with van der Waals surface area (Å²) >= 11 is 0. The highest BCUT2D eigenvalue weighted by Gasteiger charge is 2.37. The highest BCUT2D eigenvalue weighted by atomic mass is 16.5. The van der Waals surface area contributed by atoms with Crippen molar-refractivity contribution in [1.82, 2.24) is 10.1 Å². The second-order valence-electron chi connectivity index (χ2n) is 5.74. The van der Waals surface area contributed by atoms with Gasteiger partial charge in [-0.15, -0.1) is 0 Å². The first kappa shape index (κ1) is 15.0. The normalized spacial score (nSPS) is 23.8. The number of carboxylic acids is 1. The van der Waals surface area contributed by atoms with Crippen molar-refractivity contribution in [2.45, 2.75) is 58.0 Å². The van der Waals surface area contributed by atoms with Crippen LogP contribution in [0.4, 0.5) is 0 Å². The average Bonchev–Trinajstić information content (AvgIpc) is 2.89. The summed E-state index contributed by atoms with van der Waals surface area (Å²) in [6.07, 6.45) is 3.40. The van der Waals surface area contributed by atoms with E-state index in [2.05, 4.69) is 10.1 Å². The van der Waals surface area contributed by atoms with Crippen LogP contribution in [0.25, 0.3) is 0 Å². The van der Waals surface area contributed by atoms with E-state index in [1.807, 2.05) is 20.8 Å². The molecule has 2 rings (SSSR count). The second kappa shape index (κ2) is 5.91. The first-order chi connectivity index (χ1) is 9.45. The number of ether oxygens (including phenoxy) is 1. The summed E-state index contributed by atoms with van der Waals surface area (Å²) in [6.45, 7) is 6.21. The molecule has 1 aliphatic rings. The molecule has 0 saturated heterocycles. The Morgan fingerprint density at radius 1 is 1.45 bits per heavy atom. The minimum absolute atomic E-state index is 0.181. The zero-order chi connectivity index (χ0) is 14.8. The van der Waals surface area contributed by atoms with Gasteiger partial charge in [-0.05, 0) is 33.6 Å². The third-order valence-electron chi connectivity index (χ3n) is 3.89. The molecule has 1 aromatic heterocycles. The van der Waals surface area contributed by atoms with Gasteiger partial charge < -0.3 is 14.4 Å². The summed E-state index contributed by atoms with van der Waals surface area (Å²) in [5, 5.41) is 13.3. The molecule has 0 aliphatic heterocycles. The first-order valence-electron chi connectivity index (χ1n) is 7.16. The molecule has 6 nitrogen and oxygen atoms in total. The second-order valence-corrected chi connectivity index (χ2v) is 5.74. The molecule has 0 bridgehead atoms. The van der Waals surface area contributed by atoms with Gasteiger partial charge in [0.1, 0.15) is 5.60 Å². The van der Waals surface area contributed by atoms with Crippen LogP contribution >= 0.6 is 0 Å². The smallest absolute Gasteiger partial charge is 0.307 e. The molecule has 1 aromatic rings. The fraction of sp³-hybridized carbons (Fsp3) is 0.786. The fourth-order valence-corrected chi connectivity index (χ4v) is 2.78. The van der Waals surface area contributed by atoms with E-state index in [4.69, 9.17) is 9.26 Å². The van der Waals surface area contributed by atoms with Crippen LogP contribution in [0.15, 0.2) is 4.52 Å². The number of rotatable bonds is 5. The van der Waals surface area contributed by atoms with Crippen molar-refractivity contribution in [3.05, 3.63) is 11.7 Å². The van der Waals surface area contributed by atoms with Crippen molar-refractivity contribution in [2.75, 3.05) is 6.61 Å². The zero-order valence-corrected chi connectivity index (χ0v) is 12.3. The lowest BCUT2D eigenvalue weighted by Gasteiger charge is -2.25. The van der Waals surface area contributed by atoms with Gasteiger partial charge in [-0.25, -0.2) is 0 Å². The summed E-state index contributed by atoms with van der Waals surface area (Å²) in [7, 11) is 0. The minimum atomic E-state index is -0.779.